The molecule has 0 saturated carbocycles. The summed E-state index contributed by atoms with van der Waals surface area (Å²) in [5.74, 6) is 0. The van der Waals surface area contributed by atoms with Crippen LogP contribution in [0.5, 0.6) is 0 Å². The molecule has 2 fully saturated rings. The van der Waals surface area contributed by atoms with Crippen molar-refractivity contribution in [3.05, 3.63) is 40.1 Å². The number of rotatable bonds is 4. The second-order valence-corrected chi connectivity index (χ2v) is 7.57. The summed E-state index contributed by atoms with van der Waals surface area (Å²) in [4.78, 5) is 23.1. The third kappa shape index (κ3) is 3.49. The van der Waals surface area contributed by atoms with Gasteiger partial charge >= 0.3 is 0 Å². The Labute approximate surface area is 159 Å². The molecule has 0 bridgehead atoms. The van der Waals surface area contributed by atoms with Crippen LogP contribution in [-0.2, 0) is 0 Å². The average molecular weight is 369 g/mol. The van der Waals surface area contributed by atoms with Crippen LogP contribution in [-0.4, -0.2) is 71.6 Å². The third-order valence-electron chi connectivity index (χ3n) is 6.00. The van der Waals surface area contributed by atoms with Gasteiger partial charge in [-0.05, 0) is 26.0 Å². The Kier molecular flexibility index (Phi) is 4.97. The monoisotopic (exact) mass is 369 g/mol. The van der Waals surface area contributed by atoms with Crippen molar-refractivity contribution in [1.82, 2.24) is 14.8 Å². The number of fused-ring (bicyclic) bond motifs is 1. The normalized spacial score (nSPS) is 21.9. The van der Waals surface area contributed by atoms with Crippen molar-refractivity contribution >= 4 is 22.3 Å². The van der Waals surface area contributed by atoms with E-state index in [1.807, 2.05) is 13.0 Å². The molecule has 0 N–H and O–H groups in total. The summed E-state index contributed by atoms with van der Waals surface area (Å²) >= 11 is 0. The largest absolute Gasteiger partial charge is 0.369 e. The molecule has 27 heavy (non-hydrogen) atoms. The van der Waals surface area contributed by atoms with Crippen LogP contribution in [0.1, 0.15) is 19.0 Å². The van der Waals surface area contributed by atoms with Crippen molar-refractivity contribution in [3.63, 3.8) is 0 Å². The highest BCUT2D eigenvalue weighted by molar-refractivity contribution is 5.97. The summed E-state index contributed by atoms with van der Waals surface area (Å²) in [6.45, 7) is 11.8. The minimum atomic E-state index is -0.335. The van der Waals surface area contributed by atoms with E-state index in [4.69, 9.17) is 0 Å². The molecule has 0 spiro atoms. The molecule has 2 saturated heterocycles. The summed E-state index contributed by atoms with van der Waals surface area (Å²) in [7, 11) is 0. The van der Waals surface area contributed by atoms with Crippen LogP contribution in [0.4, 0.5) is 11.4 Å². The molecule has 0 radical (unpaired) electrons. The average Bonchev–Trinajstić information content (AvgIpc) is 3.16. The summed E-state index contributed by atoms with van der Waals surface area (Å²) < 4.78 is 0. The van der Waals surface area contributed by atoms with Gasteiger partial charge in [0, 0.05) is 68.1 Å². The van der Waals surface area contributed by atoms with Crippen LogP contribution in [0.3, 0.4) is 0 Å². The molecular formula is C20H27N5O2. The molecule has 0 amide bonds. The van der Waals surface area contributed by atoms with E-state index >= 15 is 0 Å². The van der Waals surface area contributed by atoms with Gasteiger partial charge in [-0.25, -0.2) is 4.98 Å². The van der Waals surface area contributed by atoms with Crippen LogP contribution < -0.4 is 4.90 Å². The van der Waals surface area contributed by atoms with Gasteiger partial charge in [0.05, 0.1) is 4.92 Å². The number of piperazine rings is 1. The first-order valence-electron chi connectivity index (χ1n) is 9.83. The highest BCUT2D eigenvalue weighted by Gasteiger charge is 2.31. The van der Waals surface area contributed by atoms with Crippen molar-refractivity contribution < 1.29 is 4.92 Å². The summed E-state index contributed by atoms with van der Waals surface area (Å²) in [6, 6.07) is 7.89. The van der Waals surface area contributed by atoms with Crippen molar-refractivity contribution in [2.75, 3.05) is 50.7 Å². The molecule has 144 valence electrons. The zero-order valence-electron chi connectivity index (χ0n) is 16.1. The van der Waals surface area contributed by atoms with E-state index in [9.17, 15) is 10.1 Å². The van der Waals surface area contributed by atoms with Crippen LogP contribution in [0, 0.1) is 17.0 Å². The second-order valence-electron chi connectivity index (χ2n) is 7.57. The molecular weight excluding hydrogens is 342 g/mol. The second kappa shape index (κ2) is 7.40. The minimum absolute atomic E-state index is 0.0869. The number of para-hydroxylation sites is 1. The first-order chi connectivity index (χ1) is 13.1. The minimum Gasteiger partial charge on any atom is -0.369 e. The number of nitro groups is 1. The number of pyridine rings is 1. The number of hydrogen-bond acceptors (Lipinski definition) is 6. The van der Waals surface area contributed by atoms with Crippen LogP contribution in [0.15, 0.2) is 24.3 Å². The zero-order chi connectivity index (χ0) is 19.0. The van der Waals surface area contributed by atoms with Crippen LogP contribution >= 0.6 is 0 Å². The predicted molar refractivity (Wildman–Crippen MR) is 107 cm³/mol. The zero-order valence-corrected chi connectivity index (χ0v) is 16.1. The van der Waals surface area contributed by atoms with E-state index in [1.165, 1.54) is 0 Å². The number of likely N-dealkylation sites (N-methyl/N-ethyl adjacent to an activating group) is 1. The number of anilines is 1. The fraction of sp³-hybridized carbons (Fsp3) is 0.550. The topological polar surface area (TPSA) is 65.8 Å². The Morgan fingerprint density at radius 2 is 2.00 bits per heavy atom. The number of nitrogens with zero attached hydrogens (tertiary/aromatic N) is 5. The maximum absolute atomic E-state index is 11.4. The maximum atomic E-state index is 11.4. The molecule has 7 nitrogen and oxygen atoms in total. The predicted octanol–water partition coefficient (Wildman–Crippen LogP) is 2.67. The van der Waals surface area contributed by atoms with Gasteiger partial charge < -0.3 is 9.80 Å². The van der Waals surface area contributed by atoms with Crippen LogP contribution in [0.2, 0.25) is 0 Å². The SMILES string of the molecule is CCN1CCN(C2CCN(c3cc(C)nc4c([N+](=O)[O-])cccc34)C2)CC1. The van der Waals surface area contributed by atoms with Gasteiger partial charge in [0.2, 0.25) is 0 Å². The fourth-order valence-corrected chi connectivity index (χ4v) is 4.45. The molecule has 1 atom stereocenters. The number of aryl methyl sites for hydroxylation is 1. The quantitative estimate of drug-likeness (QED) is 0.610. The molecule has 2 aliphatic rings. The Hall–Kier alpha value is -2.25. The lowest BCUT2D eigenvalue weighted by Gasteiger charge is -2.37. The van der Waals surface area contributed by atoms with Crippen molar-refractivity contribution in [1.29, 1.82) is 0 Å². The first kappa shape index (κ1) is 18.1. The lowest BCUT2D eigenvalue weighted by molar-refractivity contribution is -0.383. The number of aromatic nitrogens is 1. The van der Waals surface area contributed by atoms with Crippen molar-refractivity contribution in [2.24, 2.45) is 0 Å². The van der Waals surface area contributed by atoms with Gasteiger partial charge in [-0.3, -0.25) is 15.0 Å². The molecule has 7 heteroatoms. The Morgan fingerprint density at radius 1 is 1.22 bits per heavy atom. The molecule has 1 aromatic carbocycles. The molecule has 0 aliphatic carbocycles. The smallest absolute Gasteiger partial charge is 0.295 e. The van der Waals surface area contributed by atoms with Crippen molar-refractivity contribution in [3.8, 4) is 0 Å². The maximum Gasteiger partial charge on any atom is 0.295 e. The van der Waals surface area contributed by atoms with Gasteiger partial charge in [0.15, 0.2) is 5.52 Å². The molecule has 1 unspecified atom stereocenters. The van der Waals surface area contributed by atoms with Gasteiger partial charge in [0.1, 0.15) is 0 Å². The third-order valence-corrected chi connectivity index (χ3v) is 6.00. The van der Waals surface area contributed by atoms with Crippen molar-refractivity contribution in [2.45, 2.75) is 26.3 Å². The lowest BCUT2D eigenvalue weighted by atomic mass is 10.1. The van der Waals surface area contributed by atoms with E-state index < -0.39 is 0 Å². The molecule has 1 aromatic heterocycles. The fourth-order valence-electron chi connectivity index (χ4n) is 4.45. The van der Waals surface area contributed by atoms with E-state index in [1.54, 1.807) is 12.1 Å². The summed E-state index contributed by atoms with van der Waals surface area (Å²) in [6.07, 6.45) is 1.14. The number of benzene rings is 1. The van der Waals surface area contributed by atoms with E-state index in [0.717, 1.165) is 69.0 Å². The van der Waals surface area contributed by atoms with Gasteiger partial charge in [-0.15, -0.1) is 0 Å². The Morgan fingerprint density at radius 3 is 2.70 bits per heavy atom. The highest BCUT2D eigenvalue weighted by Crippen LogP contribution is 2.34. The summed E-state index contributed by atoms with van der Waals surface area (Å²) in [5, 5.41) is 12.3. The van der Waals surface area contributed by atoms with E-state index in [0.29, 0.717) is 11.6 Å². The first-order valence-corrected chi connectivity index (χ1v) is 9.83. The molecule has 2 aliphatic heterocycles. The number of hydrogen-bond donors (Lipinski definition) is 0. The van der Waals surface area contributed by atoms with E-state index in [-0.39, 0.29) is 10.6 Å². The summed E-state index contributed by atoms with van der Waals surface area (Å²) in [5.41, 5.74) is 2.49. The highest BCUT2D eigenvalue weighted by atomic mass is 16.6. The van der Waals surface area contributed by atoms with E-state index in [2.05, 4.69) is 32.7 Å². The van der Waals surface area contributed by atoms with Crippen LogP contribution in [0.25, 0.3) is 10.9 Å². The van der Waals surface area contributed by atoms with Gasteiger partial charge in [-0.2, -0.15) is 0 Å². The Bertz CT molecular complexity index is 848. The van der Waals surface area contributed by atoms with Gasteiger partial charge in [-0.1, -0.05) is 19.1 Å². The Balaban J connectivity index is 1.58. The van der Waals surface area contributed by atoms with Gasteiger partial charge in [0.25, 0.3) is 5.69 Å². The number of non-ortho nitro benzene ring substituents is 1. The number of nitro benzene ring substituents is 1. The molecule has 4 rings (SSSR count). The molecule has 3 heterocycles. The molecule has 2 aromatic rings. The lowest BCUT2D eigenvalue weighted by Crippen LogP contribution is -2.50. The standard InChI is InChI=1S/C20H27N5O2/c1-3-22-9-11-23(12-10-22)16-7-8-24(14-16)19-13-15(2)21-20-17(19)5-4-6-18(20)25(26)27/h4-6,13,16H,3,7-12,14H2,1-2H3.